The number of methoxy groups -OCH3 is 1. The zero-order valence-corrected chi connectivity index (χ0v) is 21.3. The maximum Gasteiger partial charge on any atom is 0.322 e. The summed E-state index contributed by atoms with van der Waals surface area (Å²) < 4.78 is 64.8. The minimum atomic E-state index is -3.30. The lowest BCUT2D eigenvalue weighted by atomic mass is 9.78. The number of nitrogens with two attached hydrogens (primary N) is 1. The Morgan fingerprint density at radius 2 is 1.79 bits per heavy atom. The number of fused-ring (bicyclic) bond motifs is 1. The molecule has 2 aromatic carbocycles. The molecule has 0 spiro atoms. The van der Waals surface area contributed by atoms with Gasteiger partial charge in [-0.25, -0.2) is 23.1 Å². The fourth-order valence-corrected chi connectivity index (χ4v) is 5.31. The predicted molar refractivity (Wildman–Crippen MR) is 134 cm³/mol. The van der Waals surface area contributed by atoms with Crippen LogP contribution in [0.1, 0.15) is 23.6 Å². The molecule has 0 amide bonds. The van der Waals surface area contributed by atoms with Crippen molar-refractivity contribution in [1.82, 2.24) is 14.9 Å². The number of carbonyl (C=O) groups is 1. The van der Waals surface area contributed by atoms with Crippen LogP contribution in [0.3, 0.4) is 0 Å². The van der Waals surface area contributed by atoms with E-state index in [1.165, 1.54) is 37.6 Å². The molecule has 0 aliphatic carbocycles. The maximum atomic E-state index is 15.1. The van der Waals surface area contributed by atoms with Gasteiger partial charge in [0.2, 0.25) is 5.95 Å². The minimum absolute atomic E-state index is 0.100. The lowest BCUT2D eigenvalue weighted by Gasteiger charge is -2.47. The maximum absolute atomic E-state index is 15.1. The molecular weight excluding hydrogens is 518 g/mol. The summed E-state index contributed by atoms with van der Waals surface area (Å²) in [5.41, 5.74) is 5.91. The third-order valence-electron chi connectivity index (χ3n) is 6.85. The number of rotatable bonds is 5. The summed E-state index contributed by atoms with van der Waals surface area (Å²) in [6.07, 6.45) is 0.0622. The van der Waals surface area contributed by atoms with Gasteiger partial charge in [0.25, 0.3) is 5.92 Å². The number of guanidine groups is 1. The van der Waals surface area contributed by atoms with Gasteiger partial charge < -0.3 is 20.2 Å². The number of hydroxylamine groups is 2. The van der Waals surface area contributed by atoms with Crippen molar-refractivity contribution >= 4 is 11.9 Å². The number of ether oxygens (including phenoxy) is 1. The Hall–Kier alpha value is -4.19. The monoisotopic (exact) mass is 543 g/mol. The van der Waals surface area contributed by atoms with Gasteiger partial charge in [0.05, 0.1) is 13.7 Å². The molecule has 0 bridgehead atoms. The van der Waals surface area contributed by atoms with Gasteiger partial charge in [-0.15, -0.1) is 5.06 Å². The van der Waals surface area contributed by atoms with E-state index in [9.17, 15) is 18.0 Å². The van der Waals surface area contributed by atoms with Crippen LogP contribution in [-0.4, -0.2) is 59.2 Å². The number of carbonyl (C=O) groups excluding carboxylic acids is 1. The van der Waals surface area contributed by atoms with Crippen molar-refractivity contribution in [2.45, 2.75) is 31.5 Å². The number of aromatic nitrogens is 1. The average Bonchev–Trinajstić information content (AvgIpc) is 3.16. The van der Waals surface area contributed by atoms with E-state index in [4.69, 9.17) is 20.3 Å². The number of aliphatic imine (C=N–C) groups is 1. The van der Waals surface area contributed by atoms with Crippen molar-refractivity contribution in [2.75, 3.05) is 20.2 Å². The summed E-state index contributed by atoms with van der Waals surface area (Å²) in [5.74, 6) is -5.42. The number of hydrogen-bond donors (Lipinski definition) is 1. The van der Waals surface area contributed by atoms with Crippen LogP contribution in [0.2, 0.25) is 0 Å². The first-order valence-electron chi connectivity index (χ1n) is 12.0. The second-order valence-corrected chi connectivity index (χ2v) is 9.47. The van der Waals surface area contributed by atoms with Gasteiger partial charge >= 0.3 is 5.97 Å². The van der Waals surface area contributed by atoms with E-state index in [0.717, 1.165) is 23.0 Å². The van der Waals surface area contributed by atoms with Gasteiger partial charge in [-0.3, -0.25) is 4.79 Å². The van der Waals surface area contributed by atoms with Crippen LogP contribution in [0.15, 0.2) is 59.7 Å². The number of benzene rings is 2. The molecule has 12 heteroatoms. The molecule has 8 nitrogen and oxygen atoms in total. The van der Waals surface area contributed by atoms with Crippen molar-refractivity contribution in [3.05, 3.63) is 83.2 Å². The SMILES string of the molecule is COc1ccc(C2(c3ccc(F)c(-c4cccnc4F)c3)N=C(N)N3CC(F)(F)CN(OC(C)=O)C32)cc1C. The molecule has 2 N–H and O–H groups in total. The fourth-order valence-electron chi connectivity index (χ4n) is 5.31. The van der Waals surface area contributed by atoms with Crippen LogP contribution in [-0.2, 0) is 15.2 Å². The second kappa shape index (κ2) is 9.53. The van der Waals surface area contributed by atoms with Gasteiger partial charge in [0.15, 0.2) is 17.7 Å². The van der Waals surface area contributed by atoms with E-state index in [-0.39, 0.29) is 17.1 Å². The highest BCUT2D eigenvalue weighted by Gasteiger charge is 2.61. The lowest BCUT2D eigenvalue weighted by molar-refractivity contribution is -0.263. The first-order chi connectivity index (χ1) is 18.5. The molecule has 2 atom stereocenters. The third-order valence-corrected chi connectivity index (χ3v) is 6.85. The Labute approximate surface area is 221 Å². The highest BCUT2D eigenvalue weighted by Crippen LogP contribution is 2.49. The molecule has 1 fully saturated rings. The first kappa shape index (κ1) is 26.4. The Morgan fingerprint density at radius 1 is 1.08 bits per heavy atom. The number of aryl methyl sites for hydroxylation is 1. The van der Waals surface area contributed by atoms with E-state index in [0.29, 0.717) is 22.4 Å². The van der Waals surface area contributed by atoms with Gasteiger partial charge in [0, 0.05) is 24.2 Å². The van der Waals surface area contributed by atoms with Crippen LogP contribution >= 0.6 is 0 Å². The van der Waals surface area contributed by atoms with E-state index in [2.05, 4.69) is 4.98 Å². The van der Waals surface area contributed by atoms with Gasteiger partial charge in [-0.05, 0) is 60.0 Å². The molecule has 3 aromatic rings. The summed E-state index contributed by atoms with van der Waals surface area (Å²) in [4.78, 5) is 26.8. The highest BCUT2D eigenvalue weighted by atomic mass is 19.3. The molecule has 204 valence electrons. The highest BCUT2D eigenvalue weighted by molar-refractivity contribution is 5.83. The Balaban J connectivity index is 1.80. The minimum Gasteiger partial charge on any atom is -0.496 e. The van der Waals surface area contributed by atoms with Gasteiger partial charge in [0.1, 0.15) is 18.1 Å². The quantitative estimate of drug-likeness (QED) is 0.385. The molecule has 0 radical (unpaired) electrons. The van der Waals surface area contributed by atoms with E-state index in [1.807, 2.05) is 0 Å². The standard InChI is InChI=1S/C27H25F4N5O3/c1-15-11-17(7-9-22(15)38-3)27(18-6-8-21(28)20(12-18)19-5-4-10-33-23(19)29)24-35(25(32)34-27)13-26(30,31)14-36(24)39-16(2)37/h4-12,24H,13-14H2,1-3H3,(H2,32,34). The number of nitrogens with zero attached hydrogens (tertiary/aromatic N) is 4. The smallest absolute Gasteiger partial charge is 0.322 e. The van der Waals surface area contributed by atoms with E-state index in [1.54, 1.807) is 25.1 Å². The van der Waals surface area contributed by atoms with Crippen molar-refractivity contribution in [1.29, 1.82) is 0 Å². The number of alkyl halides is 2. The van der Waals surface area contributed by atoms with E-state index >= 15 is 4.39 Å². The predicted octanol–water partition coefficient (Wildman–Crippen LogP) is 3.97. The van der Waals surface area contributed by atoms with Gasteiger partial charge in [-0.2, -0.15) is 4.39 Å². The molecule has 2 aliphatic heterocycles. The van der Waals surface area contributed by atoms with Crippen molar-refractivity contribution in [2.24, 2.45) is 10.7 Å². The largest absolute Gasteiger partial charge is 0.496 e. The summed E-state index contributed by atoms with van der Waals surface area (Å²) in [5, 5.41) is 0.850. The second-order valence-electron chi connectivity index (χ2n) is 9.47. The van der Waals surface area contributed by atoms with Crippen molar-refractivity contribution < 1.29 is 31.9 Å². The Morgan fingerprint density at radius 3 is 2.46 bits per heavy atom. The molecule has 2 unspecified atom stereocenters. The molecule has 0 saturated carbocycles. The Bertz CT molecular complexity index is 1480. The summed E-state index contributed by atoms with van der Waals surface area (Å²) >= 11 is 0. The number of pyridine rings is 1. The summed E-state index contributed by atoms with van der Waals surface area (Å²) in [6.45, 7) is 1.15. The lowest BCUT2D eigenvalue weighted by Crippen LogP contribution is -2.66. The normalized spacial score (nSPS) is 22.3. The topological polar surface area (TPSA) is 93.3 Å². The zero-order chi connectivity index (χ0) is 28.1. The van der Waals surface area contributed by atoms with Crippen molar-refractivity contribution in [3.63, 3.8) is 0 Å². The van der Waals surface area contributed by atoms with Crippen molar-refractivity contribution in [3.8, 4) is 16.9 Å². The fraction of sp³-hybridized carbons (Fsp3) is 0.296. The van der Waals surface area contributed by atoms with Crippen LogP contribution in [0.4, 0.5) is 17.6 Å². The Kier molecular flexibility index (Phi) is 6.45. The van der Waals surface area contributed by atoms with Crippen LogP contribution in [0, 0.1) is 18.7 Å². The molecule has 1 aromatic heterocycles. The summed E-state index contributed by atoms with van der Waals surface area (Å²) in [7, 11) is 1.51. The van der Waals surface area contributed by atoms with Crippen LogP contribution in [0.25, 0.3) is 11.1 Å². The third kappa shape index (κ3) is 4.44. The molecule has 1 saturated heterocycles. The number of halogens is 4. The summed E-state index contributed by atoms with van der Waals surface area (Å²) in [6, 6.07) is 11.9. The number of hydrogen-bond acceptors (Lipinski definition) is 8. The average molecular weight is 544 g/mol. The molecule has 2 aliphatic rings. The van der Waals surface area contributed by atoms with E-state index < -0.39 is 48.5 Å². The molecule has 3 heterocycles. The van der Waals surface area contributed by atoms with Gasteiger partial charge in [-0.1, -0.05) is 12.1 Å². The molecule has 5 rings (SSSR count). The van der Waals surface area contributed by atoms with Crippen LogP contribution in [0.5, 0.6) is 5.75 Å². The molecular formula is C27H25F4N5O3. The zero-order valence-electron chi connectivity index (χ0n) is 21.3. The van der Waals surface area contributed by atoms with Crippen LogP contribution < -0.4 is 10.5 Å². The first-order valence-corrected chi connectivity index (χ1v) is 12.0. The molecule has 39 heavy (non-hydrogen) atoms.